The lowest BCUT2D eigenvalue weighted by Crippen LogP contribution is -2.27. The Morgan fingerprint density at radius 3 is 2.67 bits per heavy atom. The van der Waals surface area contributed by atoms with E-state index in [0.29, 0.717) is 6.04 Å². The second-order valence-electron chi connectivity index (χ2n) is 12.8. The zero-order valence-corrected chi connectivity index (χ0v) is 29.9. The third-order valence-corrected chi connectivity index (χ3v) is 9.13. The largest absolute Gasteiger partial charge is 0.481 e. The van der Waals surface area contributed by atoms with E-state index in [0.717, 1.165) is 61.6 Å². The van der Waals surface area contributed by atoms with Crippen LogP contribution >= 0.6 is 0 Å². The summed E-state index contributed by atoms with van der Waals surface area (Å²) in [6.07, 6.45) is 33.3. The highest BCUT2D eigenvalue weighted by Gasteiger charge is 2.19. The van der Waals surface area contributed by atoms with Crippen molar-refractivity contribution in [1.29, 1.82) is 0 Å². The number of rotatable bonds is 19. The molecule has 1 aliphatic heterocycles. The molecule has 1 N–H and O–H groups in total. The minimum absolute atomic E-state index is 0.553. The maximum atomic E-state index is 5.66. The van der Waals surface area contributed by atoms with Crippen LogP contribution in [0.5, 0.6) is 5.88 Å². The molecule has 1 aromatic rings. The van der Waals surface area contributed by atoms with Gasteiger partial charge in [-0.25, -0.2) is 4.99 Å². The standard InChI is InChI=1S/C41H60N4O/c1-9-11-12-13-14-15-22-34(6)42-29-28-31(3)35(7)36(20-10-2)26-27-37-32(4)21-16-17-23-38(37)39-24-18-19-25-40(44-39)45-41(46-8)33(5)30-43-45/h10,16-18,20,23-25,30,34,42H,3,9,11-15,19,21-22,26-29H2,1-2,4-8H3/b20-10-,36-35+. The van der Waals surface area contributed by atoms with Crippen molar-refractivity contribution >= 4 is 11.5 Å². The summed E-state index contributed by atoms with van der Waals surface area (Å²) in [5, 5.41) is 8.32. The fourth-order valence-corrected chi connectivity index (χ4v) is 6.20. The molecule has 0 radical (unpaired) electrons. The Hall–Kier alpha value is -3.44. The number of hydrogen-bond acceptors (Lipinski definition) is 4. The number of unbranched alkanes of at least 4 members (excludes halogenated alkanes) is 5. The zero-order chi connectivity index (χ0) is 33.3. The van der Waals surface area contributed by atoms with Gasteiger partial charge in [-0.1, -0.05) is 99.6 Å². The van der Waals surface area contributed by atoms with Crippen LogP contribution in [0.25, 0.3) is 5.82 Å². The van der Waals surface area contributed by atoms with Gasteiger partial charge in [0.2, 0.25) is 5.88 Å². The van der Waals surface area contributed by atoms with Gasteiger partial charge in [0.15, 0.2) is 5.82 Å². The first-order valence-corrected chi connectivity index (χ1v) is 17.6. The second-order valence-corrected chi connectivity index (χ2v) is 12.8. The molecule has 250 valence electrons. The van der Waals surface area contributed by atoms with Gasteiger partial charge < -0.3 is 10.1 Å². The summed E-state index contributed by atoms with van der Waals surface area (Å²) in [6, 6.07) is 0.553. The topological polar surface area (TPSA) is 51.4 Å². The molecule has 0 spiro atoms. The zero-order valence-electron chi connectivity index (χ0n) is 29.9. The molecule has 0 amide bonds. The predicted octanol–water partition coefficient (Wildman–Crippen LogP) is 11.0. The third-order valence-electron chi connectivity index (χ3n) is 9.13. The van der Waals surface area contributed by atoms with Gasteiger partial charge in [0.05, 0.1) is 19.0 Å². The summed E-state index contributed by atoms with van der Waals surface area (Å²) in [5.41, 5.74) is 9.78. The Morgan fingerprint density at radius 1 is 1.13 bits per heavy atom. The number of nitrogens with zero attached hydrogens (tertiary/aromatic N) is 3. The summed E-state index contributed by atoms with van der Waals surface area (Å²) in [7, 11) is 1.68. The maximum absolute atomic E-state index is 5.66. The Balaban J connectivity index is 1.70. The van der Waals surface area contributed by atoms with E-state index in [1.165, 1.54) is 78.4 Å². The number of aliphatic imine (C=N–C) groups is 1. The molecule has 0 bridgehead atoms. The van der Waals surface area contributed by atoms with Gasteiger partial charge in [0.25, 0.3) is 0 Å². The van der Waals surface area contributed by atoms with Gasteiger partial charge in [-0.15, -0.1) is 0 Å². The molecule has 0 saturated carbocycles. The van der Waals surface area contributed by atoms with Crippen LogP contribution in [0.15, 0.2) is 99.8 Å². The average molecular weight is 625 g/mol. The highest BCUT2D eigenvalue weighted by atomic mass is 16.5. The van der Waals surface area contributed by atoms with Crippen LogP contribution in [-0.4, -0.2) is 35.2 Å². The highest BCUT2D eigenvalue weighted by molar-refractivity contribution is 6.13. The molecule has 1 atom stereocenters. The molecule has 46 heavy (non-hydrogen) atoms. The molecule has 2 heterocycles. The lowest BCUT2D eigenvalue weighted by molar-refractivity contribution is 0.382. The van der Waals surface area contributed by atoms with E-state index in [9.17, 15) is 0 Å². The van der Waals surface area contributed by atoms with Gasteiger partial charge >= 0.3 is 0 Å². The monoisotopic (exact) mass is 624 g/mol. The number of ether oxygens (including phenoxy) is 1. The summed E-state index contributed by atoms with van der Waals surface area (Å²) in [4.78, 5) is 5.16. The fraction of sp³-hybridized carbons (Fsp3) is 0.512. The number of allylic oxidation sites excluding steroid dienone is 13. The first kappa shape index (κ1) is 37.0. The number of methoxy groups -OCH3 is 1. The molecule has 5 heteroatoms. The molecule has 5 nitrogen and oxygen atoms in total. The van der Waals surface area contributed by atoms with Crippen LogP contribution < -0.4 is 10.1 Å². The first-order chi connectivity index (χ1) is 22.3. The van der Waals surface area contributed by atoms with Crippen molar-refractivity contribution in [3.8, 4) is 5.88 Å². The normalized spacial score (nSPS) is 16.5. The molecule has 1 aliphatic carbocycles. The van der Waals surface area contributed by atoms with E-state index in [2.05, 4.69) is 100 Å². The number of aromatic nitrogens is 2. The molecule has 2 aliphatic rings. The van der Waals surface area contributed by atoms with Crippen molar-refractivity contribution in [1.82, 2.24) is 15.1 Å². The summed E-state index contributed by atoms with van der Waals surface area (Å²) in [5.74, 6) is 1.50. The van der Waals surface area contributed by atoms with E-state index in [4.69, 9.17) is 9.73 Å². The van der Waals surface area contributed by atoms with Crippen LogP contribution in [0, 0.1) is 6.92 Å². The van der Waals surface area contributed by atoms with Crippen LogP contribution in [0.3, 0.4) is 0 Å². The number of hydrogen-bond donors (Lipinski definition) is 1. The summed E-state index contributed by atoms with van der Waals surface area (Å²) in [6.45, 7) is 18.7. The lowest BCUT2D eigenvalue weighted by Gasteiger charge is -2.18. The van der Waals surface area contributed by atoms with Crippen LogP contribution in [0.1, 0.15) is 117 Å². The third kappa shape index (κ3) is 11.1. The van der Waals surface area contributed by atoms with Crippen molar-refractivity contribution < 1.29 is 4.74 Å². The van der Waals surface area contributed by atoms with Gasteiger partial charge in [0.1, 0.15) is 0 Å². The summed E-state index contributed by atoms with van der Waals surface area (Å²) >= 11 is 0. The Kier molecular flexibility index (Phi) is 16.0. The minimum Gasteiger partial charge on any atom is -0.481 e. The first-order valence-electron chi connectivity index (χ1n) is 17.6. The minimum atomic E-state index is 0.553. The van der Waals surface area contributed by atoms with E-state index in [-0.39, 0.29) is 0 Å². The van der Waals surface area contributed by atoms with E-state index >= 15 is 0 Å². The molecule has 0 saturated heterocycles. The smallest absolute Gasteiger partial charge is 0.220 e. The SMILES string of the molecule is C=C(CCNC(C)CCCCCCCC)/C(C)=C(\C=C/C)CCC1=C(C)CC=CC=C1C1=NC(n2ncc(C)c2OC)=CCC=C1. The van der Waals surface area contributed by atoms with E-state index < -0.39 is 0 Å². The van der Waals surface area contributed by atoms with Gasteiger partial charge in [-0.05, 0) is 109 Å². The number of aryl methyl sites for hydroxylation is 1. The Labute approximate surface area is 280 Å². The highest BCUT2D eigenvalue weighted by Crippen LogP contribution is 2.32. The van der Waals surface area contributed by atoms with Crippen LogP contribution in [0.4, 0.5) is 0 Å². The second kappa shape index (κ2) is 19.9. The summed E-state index contributed by atoms with van der Waals surface area (Å²) < 4.78 is 7.46. The fourth-order valence-electron chi connectivity index (χ4n) is 6.20. The molecule has 0 aromatic carbocycles. The molecule has 3 rings (SSSR count). The van der Waals surface area contributed by atoms with Gasteiger partial charge in [-0.3, -0.25) is 0 Å². The quantitative estimate of drug-likeness (QED) is 0.123. The van der Waals surface area contributed by atoms with Crippen molar-refractivity contribution in [2.24, 2.45) is 4.99 Å². The van der Waals surface area contributed by atoms with Crippen molar-refractivity contribution in [3.05, 3.63) is 100 Å². The van der Waals surface area contributed by atoms with E-state index in [1.807, 2.05) is 13.1 Å². The van der Waals surface area contributed by atoms with Crippen molar-refractivity contribution in [2.75, 3.05) is 13.7 Å². The number of nitrogens with one attached hydrogen (secondary N) is 1. The molecule has 1 unspecified atom stereocenters. The van der Waals surface area contributed by atoms with Crippen molar-refractivity contribution in [3.63, 3.8) is 0 Å². The van der Waals surface area contributed by atoms with Crippen LogP contribution in [-0.2, 0) is 0 Å². The average Bonchev–Trinajstić information content (AvgIpc) is 3.17. The molecular formula is C41H60N4O. The maximum Gasteiger partial charge on any atom is 0.220 e. The van der Waals surface area contributed by atoms with Gasteiger partial charge in [0, 0.05) is 17.2 Å². The van der Waals surface area contributed by atoms with Gasteiger partial charge in [-0.2, -0.15) is 9.78 Å². The van der Waals surface area contributed by atoms with E-state index in [1.54, 1.807) is 11.8 Å². The van der Waals surface area contributed by atoms with Crippen molar-refractivity contribution in [2.45, 2.75) is 125 Å². The predicted molar refractivity (Wildman–Crippen MR) is 199 cm³/mol. The Bertz CT molecular complexity index is 1410. The van der Waals surface area contributed by atoms with Crippen LogP contribution in [0.2, 0.25) is 0 Å². The molecule has 0 fully saturated rings. The molecule has 1 aromatic heterocycles. The Morgan fingerprint density at radius 2 is 1.91 bits per heavy atom. The molecular weight excluding hydrogens is 564 g/mol. The lowest BCUT2D eigenvalue weighted by atomic mass is 9.88.